The fourth-order valence-corrected chi connectivity index (χ4v) is 4.25. The van der Waals surface area contributed by atoms with Crippen molar-refractivity contribution in [2.75, 3.05) is 16.8 Å². The molecule has 0 bridgehead atoms. The molecule has 3 N–H and O–H groups in total. The molecule has 1 aromatic rings. The van der Waals surface area contributed by atoms with Gasteiger partial charge in [0.2, 0.25) is 5.91 Å². The summed E-state index contributed by atoms with van der Waals surface area (Å²) >= 11 is 7.80. The highest BCUT2D eigenvalue weighted by atomic mass is 35.5. The third kappa shape index (κ3) is 5.44. The average molecular weight is 327 g/mol. The lowest BCUT2D eigenvalue weighted by Gasteiger charge is -2.26. The van der Waals surface area contributed by atoms with Gasteiger partial charge < -0.3 is 11.1 Å². The summed E-state index contributed by atoms with van der Waals surface area (Å²) in [6, 6.07) is 5.16. The molecule has 1 aromatic carbocycles. The van der Waals surface area contributed by atoms with E-state index in [2.05, 4.69) is 12.2 Å². The first-order valence-electron chi connectivity index (χ1n) is 7.51. The van der Waals surface area contributed by atoms with E-state index in [9.17, 15) is 4.79 Å². The van der Waals surface area contributed by atoms with Gasteiger partial charge in [0.25, 0.3) is 0 Å². The molecule has 0 saturated heterocycles. The molecule has 0 radical (unpaired) electrons. The molecule has 0 heterocycles. The number of nitrogen functional groups attached to an aromatic ring is 1. The van der Waals surface area contributed by atoms with E-state index in [1.54, 1.807) is 18.2 Å². The van der Waals surface area contributed by atoms with Crippen molar-refractivity contribution in [1.82, 2.24) is 0 Å². The SMILES string of the molecule is CC1CCCC(SCCC(=O)Nc2ccc(Cl)c(N)c2)C1. The summed E-state index contributed by atoms with van der Waals surface area (Å²) < 4.78 is 0. The fourth-order valence-electron chi connectivity index (χ4n) is 2.69. The Morgan fingerprint density at radius 2 is 2.29 bits per heavy atom. The van der Waals surface area contributed by atoms with Crippen LogP contribution in [0.5, 0.6) is 0 Å². The first-order valence-corrected chi connectivity index (χ1v) is 8.93. The number of benzene rings is 1. The third-order valence-corrected chi connectivity index (χ3v) is 5.53. The number of rotatable bonds is 5. The van der Waals surface area contributed by atoms with Gasteiger partial charge in [-0.1, -0.05) is 31.4 Å². The predicted octanol–water partition coefficient (Wildman–Crippen LogP) is 4.56. The predicted molar refractivity (Wildman–Crippen MR) is 93.0 cm³/mol. The van der Waals surface area contributed by atoms with E-state index >= 15 is 0 Å². The van der Waals surface area contributed by atoms with Crippen molar-refractivity contribution in [2.45, 2.75) is 44.3 Å². The molecule has 116 valence electrons. The highest BCUT2D eigenvalue weighted by Crippen LogP contribution is 2.32. The van der Waals surface area contributed by atoms with E-state index in [0.29, 0.717) is 22.8 Å². The van der Waals surface area contributed by atoms with Crippen LogP contribution in [0.2, 0.25) is 5.02 Å². The Labute approximate surface area is 136 Å². The number of carbonyl (C=O) groups is 1. The number of hydrogen-bond donors (Lipinski definition) is 2. The van der Waals surface area contributed by atoms with Crippen LogP contribution in [0.4, 0.5) is 11.4 Å². The summed E-state index contributed by atoms with van der Waals surface area (Å²) in [6.07, 6.45) is 5.81. The van der Waals surface area contributed by atoms with E-state index in [4.69, 9.17) is 17.3 Å². The van der Waals surface area contributed by atoms with Crippen LogP contribution in [-0.2, 0) is 4.79 Å². The van der Waals surface area contributed by atoms with E-state index in [1.165, 1.54) is 25.7 Å². The second-order valence-electron chi connectivity index (χ2n) is 5.80. The van der Waals surface area contributed by atoms with Gasteiger partial charge in [0, 0.05) is 23.1 Å². The van der Waals surface area contributed by atoms with Crippen molar-refractivity contribution in [3.8, 4) is 0 Å². The molecule has 0 spiro atoms. The Bertz CT molecular complexity index is 495. The van der Waals surface area contributed by atoms with Crippen LogP contribution >= 0.6 is 23.4 Å². The number of nitrogens with two attached hydrogens (primary N) is 1. The van der Waals surface area contributed by atoms with Crippen LogP contribution in [0.1, 0.15) is 39.0 Å². The Kier molecular flexibility index (Phi) is 6.24. The Morgan fingerprint density at radius 3 is 3.00 bits per heavy atom. The van der Waals surface area contributed by atoms with Gasteiger partial charge in [-0.3, -0.25) is 4.79 Å². The van der Waals surface area contributed by atoms with Crippen LogP contribution in [0.25, 0.3) is 0 Å². The number of thioether (sulfide) groups is 1. The van der Waals surface area contributed by atoms with Gasteiger partial charge >= 0.3 is 0 Å². The summed E-state index contributed by atoms with van der Waals surface area (Å²) in [5.41, 5.74) is 6.91. The molecule has 1 aliphatic rings. The molecule has 0 aromatic heterocycles. The number of hydrogen-bond acceptors (Lipinski definition) is 3. The van der Waals surface area contributed by atoms with Crippen LogP contribution in [0.15, 0.2) is 18.2 Å². The van der Waals surface area contributed by atoms with Crippen molar-refractivity contribution in [2.24, 2.45) is 5.92 Å². The molecule has 0 aliphatic heterocycles. The highest BCUT2D eigenvalue weighted by Gasteiger charge is 2.19. The molecule has 3 nitrogen and oxygen atoms in total. The van der Waals surface area contributed by atoms with Crippen molar-refractivity contribution in [3.63, 3.8) is 0 Å². The van der Waals surface area contributed by atoms with E-state index < -0.39 is 0 Å². The zero-order valence-corrected chi connectivity index (χ0v) is 14.0. The number of halogens is 1. The van der Waals surface area contributed by atoms with Crippen molar-refractivity contribution in [3.05, 3.63) is 23.2 Å². The Balaban J connectivity index is 1.70. The minimum atomic E-state index is 0.0353. The molecule has 2 rings (SSSR count). The maximum Gasteiger partial charge on any atom is 0.225 e. The summed E-state index contributed by atoms with van der Waals surface area (Å²) in [5, 5.41) is 4.10. The van der Waals surface area contributed by atoms with Gasteiger partial charge in [-0.25, -0.2) is 0 Å². The first-order chi connectivity index (χ1) is 10.0. The number of carbonyl (C=O) groups excluding carboxylic acids is 1. The number of anilines is 2. The smallest absolute Gasteiger partial charge is 0.225 e. The van der Waals surface area contributed by atoms with Crippen molar-refractivity contribution >= 4 is 40.6 Å². The number of amides is 1. The normalized spacial score (nSPS) is 22.0. The molecule has 5 heteroatoms. The topological polar surface area (TPSA) is 55.1 Å². The molecule has 1 fully saturated rings. The average Bonchev–Trinajstić information content (AvgIpc) is 2.43. The zero-order chi connectivity index (χ0) is 15.2. The molecule has 1 saturated carbocycles. The Morgan fingerprint density at radius 1 is 1.48 bits per heavy atom. The Hall–Kier alpha value is -0.870. The van der Waals surface area contributed by atoms with Gasteiger partial charge in [-0.05, 0) is 37.0 Å². The van der Waals surface area contributed by atoms with Crippen LogP contribution < -0.4 is 11.1 Å². The van der Waals surface area contributed by atoms with Crippen LogP contribution in [0, 0.1) is 5.92 Å². The summed E-state index contributed by atoms with van der Waals surface area (Å²) in [7, 11) is 0. The summed E-state index contributed by atoms with van der Waals surface area (Å²) in [5.74, 6) is 1.75. The zero-order valence-electron chi connectivity index (χ0n) is 12.4. The number of nitrogens with one attached hydrogen (secondary N) is 1. The lowest BCUT2D eigenvalue weighted by Crippen LogP contribution is -2.17. The van der Waals surface area contributed by atoms with Gasteiger partial charge in [0.15, 0.2) is 0 Å². The molecule has 1 amide bonds. The van der Waals surface area contributed by atoms with Gasteiger partial charge in [-0.2, -0.15) is 11.8 Å². The third-order valence-electron chi connectivity index (χ3n) is 3.85. The maximum absolute atomic E-state index is 11.9. The van der Waals surface area contributed by atoms with Crippen molar-refractivity contribution in [1.29, 1.82) is 0 Å². The maximum atomic E-state index is 11.9. The molecule has 2 unspecified atom stereocenters. The lowest BCUT2D eigenvalue weighted by molar-refractivity contribution is -0.115. The fraction of sp³-hybridized carbons (Fsp3) is 0.562. The van der Waals surface area contributed by atoms with E-state index in [-0.39, 0.29) is 5.91 Å². The largest absolute Gasteiger partial charge is 0.397 e. The molecule has 21 heavy (non-hydrogen) atoms. The first kappa shape index (κ1) is 16.5. The summed E-state index contributed by atoms with van der Waals surface area (Å²) in [6.45, 7) is 2.32. The second-order valence-corrected chi connectivity index (χ2v) is 7.61. The van der Waals surface area contributed by atoms with E-state index in [0.717, 1.165) is 16.9 Å². The highest BCUT2D eigenvalue weighted by molar-refractivity contribution is 7.99. The second kappa shape index (κ2) is 7.95. The standard InChI is InChI=1S/C16H23ClN2OS/c1-11-3-2-4-13(9-11)21-8-7-16(20)19-12-5-6-14(17)15(18)10-12/h5-6,10-11,13H,2-4,7-9,18H2,1H3,(H,19,20). The lowest BCUT2D eigenvalue weighted by atomic mass is 9.91. The van der Waals surface area contributed by atoms with Gasteiger partial charge in [0.05, 0.1) is 10.7 Å². The molecular weight excluding hydrogens is 304 g/mol. The van der Waals surface area contributed by atoms with Gasteiger partial charge in [0.1, 0.15) is 0 Å². The molecule has 1 aliphatic carbocycles. The van der Waals surface area contributed by atoms with Crippen LogP contribution in [0.3, 0.4) is 0 Å². The molecular formula is C16H23ClN2OS. The van der Waals surface area contributed by atoms with E-state index in [1.807, 2.05) is 11.8 Å². The minimum Gasteiger partial charge on any atom is -0.397 e. The van der Waals surface area contributed by atoms with Crippen LogP contribution in [-0.4, -0.2) is 16.9 Å². The molecule has 2 atom stereocenters. The minimum absolute atomic E-state index is 0.0353. The quantitative estimate of drug-likeness (QED) is 0.780. The van der Waals surface area contributed by atoms with Crippen molar-refractivity contribution < 1.29 is 4.79 Å². The monoisotopic (exact) mass is 326 g/mol. The summed E-state index contributed by atoms with van der Waals surface area (Å²) in [4.78, 5) is 11.9. The van der Waals surface area contributed by atoms with Gasteiger partial charge in [-0.15, -0.1) is 0 Å².